The van der Waals surface area contributed by atoms with E-state index >= 15 is 9.59 Å². The highest BCUT2D eigenvalue weighted by Crippen LogP contribution is 2.29. The molecule has 0 aliphatic carbocycles. The van der Waals surface area contributed by atoms with Crippen LogP contribution < -0.4 is 70.4 Å². The normalized spacial score (nSPS) is 27.6. The number of aliphatic hydroxyl groups excluding tert-OH is 2. The summed E-state index contributed by atoms with van der Waals surface area (Å²) in [4.78, 5) is 228. The molecule has 1 aromatic rings. The van der Waals surface area contributed by atoms with Gasteiger partial charge in [0.1, 0.15) is 72.5 Å². The second-order valence-electron chi connectivity index (χ2n) is 28.0. The van der Waals surface area contributed by atoms with Gasteiger partial charge in [0.25, 0.3) is 0 Å². The minimum atomic E-state index is -1.96. The van der Waals surface area contributed by atoms with Crippen LogP contribution in [0.2, 0.25) is 0 Å². The summed E-state index contributed by atoms with van der Waals surface area (Å²) in [5, 5.41) is 58.1. The Kier molecular flexibility index (Phi) is 32.9. The van der Waals surface area contributed by atoms with E-state index < -0.39 is 211 Å². The van der Waals surface area contributed by atoms with Crippen LogP contribution in [0.1, 0.15) is 136 Å². The number of nitrogens with zero attached hydrogens (tertiary/aromatic N) is 3. The van der Waals surface area contributed by atoms with Gasteiger partial charge in [0, 0.05) is 60.6 Å². The molecule has 38 heteroatoms. The number of nitrogens with two attached hydrogens (primary N) is 3. The number of rotatable bonds is 16. The Labute approximate surface area is 621 Å². The second-order valence-corrected chi connectivity index (χ2v) is 31.1. The highest BCUT2D eigenvalue weighted by atomic mass is 32.2. The number of carboxylic acid groups (broad SMARTS) is 1. The number of carbonyl (C=O) groups excluding carboxylic acids is 15. The van der Waals surface area contributed by atoms with Crippen LogP contribution in [0.5, 0.6) is 0 Å². The van der Waals surface area contributed by atoms with E-state index in [0.717, 1.165) is 40.2 Å². The number of carboxylic acids is 1. The first-order chi connectivity index (χ1) is 49.5. The van der Waals surface area contributed by atoms with Gasteiger partial charge in [0.15, 0.2) is 0 Å². The maximum atomic E-state index is 15.0. The highest BCUT2D eigenvalue weighted by Gasteiger charge is 2.47. The topological polar surface area (TPSA) is 542 Å². The summed E-state index contributed by atoms with van der Waals surface area (Å²) in [7, 11) is 0. The lowest BCUT2D eigenvalue weighted by Gasteiger charge is -2.34. The van der Waals surface area contributed by atoms with E-state index in [-0.39, 0.29) is 105 Å². The zero-order chi connectivity index (χ0) is 77.7. The van der Waals surface area contributed by atoms with Crippen LogP contribution in [-0.2, 0) is 94.0 Å². The molecule has 3 saturated heterocycles. The molecule has 1 aromatic carbocycles. The number of thioether (sulfide) groups is 3. The molecule has 105 heavy (non-hydrogen) atoms. The zero-order valence-electron chi connectivity index (χ0n) is 60.1. The van der Waals surface area contributed by atoms with Gasteiger partial charge in [0.2, 0.25) is 88.6 Å². The van der Waals surface area contributed by atoms with E-state index in [1.807, 2.05) is 13.8 Å². The Morgan fingerprint density at radius 1 is 0.514 bits per heavy atom. The van der Waals surface area contributed by atoms with Crippen LogP contribution in [-0.4, -0.2) is 259 Å². The van der Waals surface area contributed by atoms with Crippen molar-refractivity contribution < 1.29 is 92.0 Å². The number of fused-ring (bicyclic) bond motifs is 8. The molecule has 0 aromatic heterocycles. The fraction of sp³-hybridized carbons (Fsp3) is 0.672. The fourth-order valence-electron chi connectivity index (χ4n) is 12.8. The number of benzene rings is 1. The van der Waals surface area contributed by atoms with Crippen molar-refractivity contribution in [1.82, 2.24) is 67.9 Å². The zero-order valence-corrected chi connectivity index (χ0v) is 62.5. The molecule has 6 rings (SSSR count). The van der Waals surface area contributed by atoms with E-state index in [2.05, 4.69) is 53.2 Å². The molecule has 19 N–H and O–H groups in total. The molecule has 582 valence electrons. The van der Waals surface area contributed by atoms with Crippen LogP contribution >= 0.6 is 35.3 Å². The van der Waals surface area contributed by atoms with E-state index in [1.54, 1.807) is 32.0 Å². The average molecular weight is 1530 g/mol. The van der Waals surface area contributed by atoms with Crippen molar-refractivity contribution in [3.63, 3.8) is 0 Å². The number of carbonyl (C=O) groups is 16. The van der Waals surface area contributed by atoms with E-state index in [9.17, 15) is 82.4 Å². The molecule has 5 aliphatic heterocycles. The Hall–Kier alpha value is -8.33. The van der Waals surface area contributed by atoms with E-state index in [1.165, 1.54) is 30.6 Å². The van der Waals surface area contributed by atoms with Gasteiger partial charge >= 0.3 is 5.97 Å². The Morgan fingerprint density at radius 2 is 0.981 bits per heavy atom. The number of aliphatic hydroxyl groups is 2. The van der Waals surface area contributed by atoms with E-state index in [0.29, 0.717) is 29.5 Å². The molecular weight excluding hydrogens is 1430 g/mol. The molecule has 0 spiro atoms. The third kappa shape index (κ3) is 25.4. The average Bonchev–Trinajstić information content (AvgIpc) is 1.68. The van der Waals surface area contributed by atoms with Gasteiger partial charge in [-0.05, 0) is 107 Å². The third-order valence-corrected chi connectivity index (χ3v) is 21.4. The Morgan fingerprint density at radius 3 is 1.51 bits per heavy atom. The predicted octanol–water partition coefficient (Wildman–Crippen LogP) is -4.71. The number of hydrogen-bond donors (Lipinski definition) is 16. The largest absolute Gasteiger partial charge is 0.481 e. The molecule has 15 amide bonds. The van der Waals surface area contributed by atoms with Crippen molar-refractivity contribution >= 4 is 130 Å². The lowest BCUT2D eigenvalue weighted by atomic mass is 9.99. The van der Waals surface area contributed by atoms with Crippen LogP contribution in [0.4, 0.5) is 0 Å². The summed E-state index contributed by atoms with van der Waals surface area (Å²) in [6.45, 7) is 10.4. The monoisotopic (exact) mass is 1530 g/mol. The van der Waals surface area contributed by atoms with Gasteiger partial charge < -0.3 is 100 Å². The molecule has 35 nitrogen and oxygen atoms in total. The number of nitrogens with one attached hydrogen (secondary N) is 10. The summed E-state index contributed by atoms with van der Waals surface area (Å²) in [5.41, 5.74) is 18.5. The van der Waals surface area contributed by atoms with Gasteiger partial charge in [-0.1, -0.05) is 45.9 Å². The number of primary amides is 2. The standard InChI is InChI=1S/C67H102N16O19S3/c1-32(2)19-41-58(93)75-43(20-33(3)4)65(100)83-18-10-13-49(83)66(101)81-16-8-11-47(81)63(98)78-46-31-105-28-39-22-37(21-38(23-39)27-104-30-45(76-55(90)34(5)68)60(95)79-53(35(6)84)64(99)74-41)26-103-29-44(56(91)71-25-51(70)87)77-57(92)40(14-15-50(69)86)72-59(94)42(24-52(88)89)73-62(97)48-12-9-17-82(48)67(102)54(36(7)85)80-61(46)96/h21-23,32-36,40-49,53-54,84-85H,8-20,24-31,68H2,1-7H3,(H2,69,86)(H2,70,87)(H,71,91)(H,72,94)(H,73,97)(H,74,99)(H,75,93)(H,76,90)(H,77,92)(H,78,98)(H,79,95)(H,80,96)(H,88,89)/t34-,35+,36+,40-,41-,42-,43-,44-,45-,46-,47-,48-,49-,53-,54-/m0/s1. The third-order valence-electron chi connectivity index (χ3n) is 18.1. The minimum absolute atomic E-state index is 0.0192. The lowest BCUT2D eigenvalue weighted by Crippen LogP contribution is -2.62. The number of hydrogen-bond acceptors (Lipinski definition) is 22. The van der Waals surface area contributed by atoms with Crippen LogP contribution in [0.15, 0.2) is 18.2 Å². The van der Waals surface area contributed by atoms with Crippen LogP contribution in [0.25, 0.3) is 0 Å². The molecule has 4 bridgehead atoms. The van der Waals surface area contributed by atoms with Crippen LogP contribution in [0, 0.1) is 11.8 Å². The summed E-state index contributed by atoms with van der Waals surface area (Å²) < 4.78 is 0. The second kappa shape index (κ2) is 40.4. The first-order valence-electron chi connectivity index (χ1n) is 35.2. The van der Waals surface area contributed by atoms with Crippen molar-refractivity contribution in [1.29, 1.82) is 0 Å². The van der Waals surface area contributed by atoms with Gasteiger partial charge in [0.05, 0.1) is 31.2 Å². The molecular formula is C67H102N16O19S3. The van der Waals surface area contributed by atoms with Crippen molar-refractivity contribution in [2.45, 2.75) is 227 Å². The lowest BCUT2D eigenvalue weighted by molar-refractivity contribution is -0.148. The van der Waals surface area contributed by atoms with Gasteiger partial charge in [-0.2, -0.15) is 35.3 Å². The van der Waals surface area contributed by atoms with Crippen molar-refractivity contribution in [3.8, 4) is 0 Å². The summed E-state index contributed by atoms with van der Waals surface area (Å²) in [6.07, 6.45) is -4.24. The predicted molar refractivity (Wildman–Crippen MR) is 385 cm³/mol. The summed E-state index contributed by atoms with van der Waals surface area (Å²) >= 11 is 3.35. The smallest absolute Gasteiger partial charge is 0.305 e. The summed E-state index contributed by atoms with van der Waals surface area (Å²) in [5.74, 6) is -16.2. The van der Waals surface area contributed by atoms with Crippen molar-refractivity contribution in [2.24, 2.45) is 29.0 Å². The van der Waals surface area contributed by atoms with E-state index in [4.69, 9.17) is 17.2 Å². The van der Waals surface area contributed by atoms with Gasteiger partial charge in [-0.25, -0.2) is 0 Å². The van der Waals surface area contributed by atoms with Crippen molar-refractivity contribution in [2.75, 3.05) is 43.4 Å². The molecule has 5 aliphatic rings. The van der Waals surface area contributed by atoms with Gasteiger partial charge in [-0.15, -0.1) is 0 Å². The fourth-order valence-corrected chi connectivity index (χ4v) is 15.8. The Bertz CT molecular complexity index is 3380. The first-order valence-corrected chi connectivity index (χ1v) is 38.7. The van der Waals surface area contributed by atoms with Crippen LogP contribution in [0.3, 0.4) is 0 Å². The number of aliphatic carboxylic acids is 1. The van der Waals surface area contributed by atoms with Crippen molar-refractivity contribution in [3.05, 3.63) is 34.9 Å². The number of amides is 15. The maximum absolute atomic E-state index is 15.0. The highest BCUT2D eigenvalue weighted by molar-refractivity contribution is 7.99. The first kappa shape index (κ1) is 85.6. The molecule has 0 saturated carbocycles. The molecule has 3 fully saturated rings. The minimum Gasteiger partial charge on any atom is -0.481 e. The maximum Gasteiger partial charge on any atom is 0.305 e. The molecule has 5 heterocycles. The molecule has 0 radical (unpaired) electrons. The Balaban J connectivity index is 1.50. The molecule has 15 atom stereocenters. The SMILES string of the molecule is CC(C)C[C@@H]1NC(=O)[C@H]([C@@H](C)O)NC(=O)[C@@H](NC(=O)[C@H](C)N)CSCc2cc3cc(c2)CSC[C@H](NC(=O)[C@@H]2CCCN2C(=O)[C@@H]2CCCN2C(=O)[C@H](CC(C)C)NC1=O)C(=O)N[C@@H]([C@@H](C)O)C(=O)N1CCC[C@H]1C(=O)N[C@@H](CC(=O)O)C(=O)N[C@@H](CCC(N)=O)C(=O)N[C@H](C(=O)NCC(N)=O)CSC3. The summed E-state index contributed by atoms with van der Waals surface area (Å²) in [6, 6.07) is -13.9. The molecule has 0 unspecified atom stereocenters. The quantitative estimate of drug-likeness (QED) is 0.0739. The van der Waals surface area contributed by atoms with Gasteiger partial charge in [-0.3, -0.25) is 76.7 Å².